The van der Waals surface area contributed by atoms with Gasteiger partial charge in [-0.05, 0) is 35.9 Å². The Morgan fingerprint density at radius 1 is 0.957 bits per heavy atom. The van der Waals surface area contributed by atoms with Crippen molar-refractivity contribution in [3.05, 3.63) is 90.3 Å². The zero-order chi connectivity index (χ0) is 15.9. The maximum absolute atomic E-state index is 12.0. The summed E-state index contributed by atoms with van der Waals surface area (Å²) in [5.41, 5.74) is 0.983. The fourth-order valence-corrected chi connectivity index (χ4v) is 2.32. The van der Waals surface area contributed by atoms with E-state index in [-0.39, 0.29) is 11.8 Å². The van der Waals surface area contributed by atoms with Crippen LogP contribution in [-0.4, -0.2) is 12.5 Å². The lowest BCUT2D eigenvalue weighted by atomic mass is 10.0. The van der Waals surface area contributed by atoms with E-state index in [2.05, 4.69) is 5.32 Å². The molecule has 2 heterocycles. The molecule has 3 rings (SSSR count). The highest BCUT2D eigenvalue weighted by Crippen LogP contribution is 2.24. The molecule has 4 heteroatoms. The summed E-state index contributed by atoms with van der Waals surface area (Å²) in [7, 11) is 0. The molecule has 0 aliphatic carbocycles. The highest BCUT2D eigenvalue weighted by molar-refractivity contribution is 5.91. The quantitative estimate of drug-likeness (QED) is 0.704. The lowest BCUT2D eigenvalue weighted by Crippen LogP contribution is -2.27. The lowest BCUT2D eigenvalue weighted by molar-refractivity contribution is -0.116. The van der Waals surface area contributed by atoms with E-state index in [4.69, 9.17) is 8.83 Å². The van der Waals surface area contributed by atoms with Crippen molar-refractivity contribution in [3.8, 4) is 0 Å². The predicted octanol–water partition coefficient (Wildman–Crippen LogP) is 3.83. The molecule has 0 spiro atoms. The number of nitrogens with one attached hydrogen (secondary N) is 1. The van der Waals surface area contributed by atoms with Crippen molar-refractivity contribution in [1.82, 2.24) is 5.32 Å². The maximum atomic E-state index is 12.0. The molecule has 1 amide bonds. The second kappa shape index (κ2) is 7.31. The number of hydrogen-bond donors (Lipinski definition) is 1. The zero-order valence-electron chi connectivity index (χ0n) is 12.5. The van der Waals surface area contributed by atoms with Crippen LogP contribution in [0.5, 0.6) is 0 Å². The lowest BCUT2D eigenvalue weighted by Gasteiger charge is -2.12. The topological polar surface area (TPSA) is 55.4 Å². The van der Waals surface area contributed by atoms with Crippen LogP contribution in [-0.2, 0) is 4.79 Å². The van der Waals surface area contributed by atoms with Gasteiger partial charge in [-0.3, -0.25) is 4.79 Å². The molecular formula is C19H17NO3. The minimum absolute atomic E-state index is 0.144. The molecule has 0 fully saturated rings. The summed E-state index contributed by atoms with van der Waals surface area (Å²) < 4.78 is 10.9. The fraction of sp³-hybridized carbons (Fsp3) is 0.105. The largest absolute Gasteiger partial charge is 0.469 e. The molecule has 0 bridgehead atoms. The first-order valence-corrected chi connectivity index (χ1v) is 7.40. The molecule has 2 aromatic heterocycles. The number of benzene rings is 1. The van der Waals surface area contributed by atoms with E-state index in [1.807, 2.05) is 54.6 Å². The van der Waals surface area contributed by atoms with E-state index >= 15 is 0 Å². The minimum atomic E-state index is -0.156. The van der Waals surface area contributed by atoms with Gasteiger partial charge in [-0.25, -0.2) is 0 Å². The molecule has 0 aliphatic heterocycles. The minimum Gasteiger partial charge on any atom is -0.469 e. The van der Waals surface area contributed by atoms with Crippen molar-refractivity contribution in [2.45, 2.75) is 5.92 Å². The second-order valence-electron chi connectivity index (χ2n) is 5.07. The smallest absolute Gasteiger partial charge is 0.244 e. The Labute approximate surface area is 134 Å². The summed E-state index contributed by atoms with van der Waals surface area (Å²) >= 11 is 0. The molecule has 0 unspecified atom stereocenters. The Kier molecular flexibility index (Phi) is 4.74. The molecule has 0 atom stereocenters. The van der Waals surface area contributed by atoms with Crippen molar-refractivity contribution >= 4 is 12.0 Å². The second-order valence-corrected chi connectivity index (χ2v) is 5.07. The van der Waals surface area contributed by atoms with Gasteiger partial charge in [-0.15, -0.1) is 0 Å². The standard InChI is InChI=1S/C19H17NO3/c21-19(11-10-15-6-2-1-3-7-15)20-14-16(17-8-4-12-22-17)18-9-5-13-23-18/h1-13,16H,14H2,(H,20,21)/b11-10+. The van der Waals surface area contributed by atoms with Gasteiger partial charge in [-0.1, -0.05) is 30.3 Å². The van der Waals surface area contributed by atoms with Crippen LogP contribution in [0.25, 0.3) is 6.08 Å². The van der Waals surface area contributed by atoms with Crippen LogP contribution >= 0.6 is 0 Å². The fourth-order valence-electron chi connectivity index (χ4n) is 2.32. The SMILES string of the molecule is O=C(/C=C/c1ccccc1)NCC(c1ccco1)c1ccco1. The summed E-state index contributed by atoms with van der Waals surface area (Å²) in [4.78, 5) is 12.0. The average Bonchev–Trinajstić information content (AvgIpc) is 3.28. The van der Waals surface area contributed by atoms with Crippen LogP contribution in [0.1, 0.15) is 23.0 Å². The van der Waals surface area contributed by atoms with E-state index in [1.54, 1.807) is 18.6 Å². The van der Waals surface area contributed by atoms with E-state index < -0.39 is 0 Å². The monoisotopic (exact) mass is 307 g/mol. The molecule has 1 N–H and O–H groups in total. The summed E-state index contributed by atoms with van der Waals surface area (Å²) in [6.45, 7) is 0.402. The predicted molar refractivity (Wildman–Crippen MR) is 87.7 cm³/mol. The van der Waals surface area contributed by atoms with Gasteiger partial charge in [0.15, 0.2) is 0 Å². The van der Waals surface area contributed by atoms with Gasteiger partial charge in [-0.2, -0.15) is 0 Å². The van der Waals surface area contributed by atoms with Gasteiger partial charge >= 0.3 is 0 Å². The van der Waals surface area contributed by atoms with Gasteiger partial charge in [0.05, 0.1) is 18.4 Å². The average molecular weight is 307 g/mol. The van der Waals surface area contributed by atoms with Gasteiger partial charge < -0.3 is 14.2 Å². The van der Waals surface area contributed by atoms with E-state index in [9.17, 15) is 4.79 Å². The van der Waals surface area contributed by atoms with Crippen LogP contribution in [0.15, 0.2) is 82.0 Å². The Morgan fingerprint density at radius 2 is 1.61 bits per heavy atom. The van der Waals surface area contributed by atoms with Gasteiger partial charge in [0.2, 0.25) is 5.91 Å². The summed E-state index contributed by atoms with van der Waals surface area (Å²) in [5.74, 6) is 1.21. The molecule has 1 aromatic carbocycles. The third-order valence-corrected chi connectivity index (χ3v) is 3.48. The van der Waals surface area contributed by atoms with Crippen molar-refractivity contribution in [1.29, 1.82) is 0 Å². The molecule has 3 aromatic rings. The molecule has 0 saturated carbocycles. The van der Waals surface area contributed by atoms with Crippen molar-refractivity contribution in [2.24, 2.45) is 0 Å². The van der Waals surface area contributed by atoms with Crippen LogP contribution < -0.4 is 5.32 Å². The number of carbonyl (C=O) groups is 1. The molecule has 23 heavy (non-hydrogen) atoms. The molecule has 116 valence electrons. The van der Waals surface area contributed by atoms with Crippen molar-refractivity contribution in [2.75, 3.05) is 6.54 Å². The first-order valence-electron chi connectivity index (χ1n) is 7.40. The van der Waals surface area contributed by atoms with Crippen molar-refractivity contribution < 1.29 is 13.6 Å². The Hall–Kier alpha value is -3.01. The third kappa shape index (κ3) is 4.01. The normalized spacial score (nSPS) is 11.2. The zero-order valence-corrected chi connectivity index (χ0v) is 12.5. The summed E-state index contributed by atoms with van der Waals surface area (Å²) in [6.07, 6.45) is 6.53. The third-order valence-electron chi connectivity index (χ3n) is 3.48. The van der Waals surface area contributed by atoms with Crippen LogP contribution in [0.2, 0.25) is 0 Å². The first kappa shape index (κ1) is 14.9. The highest BCUT2D eigenvalue weighted by Gasteiger charge is 2.20. The molecule has 0 saturated heterocycles. The highest BCUT2D eigenvalue weighted by atomic mass is 16.3. The molecule has 4 nitrogen and oxygen atoms in total. The summed E-state index contributed by atoms with van der Waals surface area (Å²) in [5, 5.41) is 2.88. The van der Waals surface area contributed by atoms with E-state index in [1.165, 1.54) is 6.08 Å². The van der Waals surface area contributed by atoms with E-state index in [0.717, 1.165) is 17.1 Å². The van der Waals surface area contributed by atoms with Crippen LogP contribution in [0.3, 0.4) is 0 Å². The molecule has 0 radical (unpaired) electrons. The van der Waals surface area contributed by atoms with Crippen LogP contribution in [0, 0.1) is 0 Å². The number of amides is 1. The number of hydrogen-bond acceptors (Lipinski definition) is 3. The summed E-state index contributed by atoms with van der Waals surface area (Å²) in [6, 6.07) is 17.1. The van der Waals surface area contributed by atoms with Gasteiger partial charge in [0.1, 0.15) is 11.5 Å². The Balaban J connectivity index is 1.63. The number of rotatable bonds is 6. The van der Waals surface area contributed by atoms with Crippen molar-refractivity contribution in [3.63, 3.8) is 0 Å². The van der Waals surface area contributed by atoms with Crippen LogP contribution in [0.4, 0.5) is 0 Å². The first-order chi connectivity index (χ1) is 11.3. The molecular weight excluding hydrogens is 290 g/mol. The van der Waals surface area contributed by atoms with Gasteiger partial charge in [0, 0.05) is 12.6 Å². The van der Waals surface area contributed by atoms with E-state index in [0.29, 0.717) is 6.54 Å². The Morgan fingerprint density at radius 3 is 2.17 bits per heavy atom. The van der Waals surface area contributed by atoms with Gasteiger partial charge in [0.25, 0.3) is 0 Å². The number of furan rings is 2. The Bertz CT molecular complexity index is 709. The maximum Gasteiger partial charge on any atom is 0.244 e. The molecule has 0 aliphatic rings. The number of carbonyl (C=O) groups excluding carboxylic acids is 1.